The molecular weight excluding hydrogens is 540 g/mol. The van der Waals surface area contributed by atoms with E-state index >= 15 is 0 Å². The van der Waals surface area contributed by atoms with Gasteiger partial charge in [0.15, 0.2) is 5.82 Å². The third-order valence-corrected chi connectivity index (χ3v) is 7.88. The molecule has 2 fully saturated rings. The van der Waals surface area contributed by atoms with Crippen LogP contribution in [0.15, 0.2) is 30.3 Å². The molecule has 0 radical (unpaired) electrons. The lowest BCUT2D eigenvalue weighted by atomic mass is 10.0. The van der Waals surface area contributed by atoms with Crippen molar-refractivity contribution in [1.82, 2.24) is 35.4 Å². The summed E-state index contributed by atoms with van der Waals surface area (Å²) in [6.07, 6.45) is 2.36. The average molecular weight is 571 g/mol. The Bertz CT molecular complexity index is 1400. The molecule has 5 N–H and O–H groups in total. The molecule has 3 atom stereocenters. The molecule has 3 aromatic rings. The van der Waals surface area contributed by atoms with E-state index in [1.807, 2.05) is 32.0 Å². The molecule has 3 amide bonds. The Balaban J connectivity index is 0.00000308. The highest BCUT2D eigenvalue weighted by atomic mass is 35.5. The van der Waals surface area contributed by atoms with Crippen molar-refractivity contribution >= 4 is 54.7 Å². The molecule has 3 aliphatic rings. The number of hydrogen-bond acceptors (Lipinski definition) is 8. The topological polar surface area (TPSA) is 158 Å². The summed E-state index contributed by atoms with van der Waals surface area (Å²) in [4.78, 5) is 41.6. The Labute approximate surface area is 237 Å². The normalized spacial score (nSPS) is 22.7. The standard InChI is InChI=1S/C25H29ClN10O2.H2S/c1-25(2)18-15(12-36(25)24(38)28-16-11-14(16)13-7-4-3-5-8-13)20(34-33-18)29-22-30-21(26)31-23(32-22)35-10-6-9-17(35)19(27)37;/h3-5,7-8,14,16-17H,6,9-12H2,1-2H3,(H2,27,37)(H,28,38)(H2,29,30,31,32,33,34);1H2/t14-,16?,17+;/m1./s1. The molecule has 4 heterocycles. The monoisotopic (exact) mass is 570 g/mol. The molecule has 0 spiro atoms. The number of aromatic amines is 1. The van der Waals surface area contributed by atoms with Crippen LogP contribution in [0, 0.1) is 0 Å². The Morgan fingerprint density at radius 1 is 1.18 bits per heavy atom. The summed E-state index contributed by atoms with van der Waals surface area (Å²) in [6.45, 7) is 4.92. The number of hydrogen-bond donors (Lipinski definition) is 4. The van der Waals surface area contributed by atoms with Crippen molar-refractivity contribution in [2.75, 3.05) is 16.8 Å². The van der Waals surface area contributed by atoms with Crippen LogP contribution in [-0.2, 0) is 16.9 Å². The molecule has 206 valence electrons. The van der Waals surface area contributed by atoms with Crippen LogP contribution in [0.25, 0.3) is 0 Å². The van der Waals surface area contributed by atoms with Gasteiger partial charge in [0.1, 0.15) is 6.04 Å². The van der Waals surface area contributed by atoms with Crippen LogP contribution in [0.5, 0.6) is 0 Å². The fraction of sp³-hybridized carbons (Fsp3) is 0.440. The first-order valence-corrected chi connectivity index (χ1v) is 13.1. The molecule has 1 aliphatic carbocycles. The zero-order chi connectivity index (χ0) is 26.6. The summed E-state index contributed by atoms with van der Waals surface area (Å²) in [5, 5.41) is 13.8. The zero-order valence-corrected chi connectivity index (χ0v) is 23.4. The molecule has 39 heavy (non-hydrogen) atoms. The molecule has 0 bridgehead atoms. The second-order valence-electron chi connectivity index (χ2n) is 10.5. The van der Waals surface area contributed by atoms with Gasteiger partial charge in [-0.15, -0.1) is 0 Å². The second-order valence-corrected chi connectivity index (χ2v) is 10.8. The lowest BCUT2D eigenvalue weighted by Gasteiger charge is -2.32. The number of aromatic nitrogens is 5. The van der Waals surface area contributed by atoms with Crippen LogP contribution in [0.3, 0.4) is 0 Å². The number of H-pyrrole nitrogens is 1. The minimum Gasteiger partial charge on any atom is -0.368 e. The fourth-order valence-corrected chi connectivity index (χ4v) is 5.69. The number of primary amides is 1. The van der Waals surface area contributed by atoms with E-state index in [0.717, 1.165) is 24.1 Å². The highest BCUT2D eigenvalue weighted by Crippen LogP contribution is 2.43. The number of amides is 3. The van der Waals surface area contributed by atoms with Crippen LogP contribution in [0.4, 0.5) is 22.5 Å². The summed E-state index contributed by atoms with van der Waals surface area (Å²) in [5.74, 6) is 0.877. The maximum atomic E-state index is 13.3. The van der Waals surface area contributed by atoms with Gasteiger partial charge >= 0.3 is 6.03 Å². The maximum Gasteiger partial charge on any atom is 0.318 e. The number of anilines is 3. The number of nitrogens with two attached hydrogens (primary N) is 1. The van der Waals surface area contributed by atoms with Gasteiger partial charge in [-0.3, -0.25) is 9.89 Å². The van der Waals surface area contributed by atoms with E-state index in [0.29, 0.717) is 31.2 Å². The van der Waals surface area contributed by atoms with Crippen molar-refractivity contribution in [3.8, 4) is 0 Å². The number of nitrogens with zero attached hydrogens (tertiary/aromatic N) is 6. The summed E-state index contributed by atoms with van der Waals surface area (Å²) in [7, 11) is 0. The first kappa shape index (κ1) is 27.0. The van der Waals surface area contributed by atoms with Crippen LogP contribution >= 0.6 is 25.1 Å². The fourth-order valence-electron chi connectivity index (χ4n) is 5.54. The van der Waals surface area contributed by atoms with Crippen molar-refractivity contribution in [3.63, 3.8) is 0 Å². The van der Waals surface area contributed by atoms with Gasteiger partial charge in [-0.2, -0.15) is 33.5 Å². The van der Waals surface area contributed by atoms with E-state index in [1.54, 1.807) is 9.80 Å². The predicted molar refractivity (Wildman–Crippen MR) is 151 cm³/mol. The number of urea groups is 1. The summed E-state index contributed by atoms with van der Waals surface area (Å²) in [5.41, 5.74) is 7.87. The minimum absolute atomic E-state index is 0. The summed E-state index contributed by atoms with van der Waals surface area (Å²) in [6, 6.07) is 9.75. The Morgan fingerprint density at radius 3 is 2.69 bits per heavy atom. The van der Waals surface area contributed by atoms with Gasteiger partial charge in [-0.05, 0) is 50.3 Å². The number of halogens is 1. The lowest BCUT2D eigenvalue weighted by molar-refractivity contribution is -0.119. The quantitative estimate of drug-likeness (QED) is 0.352. The van der Waals surface area contributed by atoms with E-state index < -0.39 is 17.5 Å². The molecule has 12 nitrogen and oxygen atoms in total. The molecule has 2 aliphatic heterocycles. The number of benzene rings is 1. The molecule has 6 rings (SSSR count). The van der Waals surface area contributed by atoms with E-state index in [4.69, 9.17) is 17.3 Å². The Morgan fingerprint density at radius 2 is 1.95 bits per heavy atom. The number of fused-ring (bicyclic) bond motifs is 1. The van der Waals surface area contributed by atoms with Gasteiger partial charge in [0.2, 0.25) is 23.1 Å². The largest absolute Gasteiger partial charge is 0.368 e. The first-order valence-electron chi connectivity index (χ1n) is 12.7. The van der Waals surface area contributed by atoms with Gasteiger partial charge < -0.3 is 26.2 Å². The maximum absolute atomic E-state index is 13.3. The SMILES string of the molecule is CC1(C)c2[nH]nc(Nc3nc(Cl)nc(N4CCC[C@H]4C(N)=O)n3)c2CN1C(=O)NC1C[C@@H]1c1ccccc1.S. The molecule has 1 saturated carbocycles. The van der Waals surface area contributed by atoms with Crippen LogP contribution in [0.2, 0.25) is 5.28 Å². The molecule has 2 aromatic heterocycles. The third-order valence-electron chi connectivity index (χ3n) is 7.71. The smallest absolute Gasteiger partial charge is 0.318 e. The lowest BCUT2D eigenvalue weighted by Crippen LogP contribution is -2.47. The van der Waals surface area contributed by atoms with Crippen LogP contribution < -0.4 is 21.3 Å². The number of rotatable bonds is 6. The van der Waals surface area contributed by atoms with Crippen LogP contribution in [-0.4, -0.2) is 60.6 Å². The average Bonchev–Trinajstić information content (AvgIpc) is 3.19. The molecule has 1 unspecified atom stereocenters. The molecule has 1 saturated heterocycles. The number of carbonyl (C=O) groups is 2. The number of carbonyl (C=O) groups excluding carboxylic acids is 2. The van der Waals surface area contributed by atoms with Gasteiger partial charge in [0.25, 0.3) is 0 Å². The van der Waals surface area contributed by atoms with Gasteiger partial charge in [0.05, 0.1) is 17.8 Å². The van der Waals surface area contributed by atoms with Crippen LogP contribution in [0.1, 0.15) is 55.8 Å². The second kappa shape index (κ2) is 10.2. The highest BCUT2D eigenvalue weighted by molar-refractivity contribution is 7.59. The van der Waals surface area contributed by atoms with E-state index in [-0.39, 0.29) is 42.7 Å². The van der Waals surface area contributed by atoms with Gasteiger partial charge in [-0.1, -0.05) is 30.3 Å². The van der Waals surface area contributed by atoms with E-state index in [2.05, 4.69) is 47.9 Å². The van der Waals surface area contributed by atoms with Crippen molar-refractivity contribution in [2.45, 2.75) is 63.2 Å². The Kier molecular flexibility index (Phi) is 7.06. The summed E-state index contributed by atoms with van der Waals surface area (Å²) >= 11 is 6.20. The Hall–Kier alpha value is -3.58. The van der Waals surface area contributed by atoms with E-state index in [9.17, 15) is 9.59 Å². The summed E-state index contributed by atoms with van der Waals surface area (Å²) < 4.78 is 0. The zero-order valence-electron chi connectivity index (χ0n) is 21.6. The highest BCUT2D eigenvalue weighted by Gasteiger charge is 2.47. The van der Waals surface area contributed by atoms with Crippen molar-refractivity contribution < 1.29 is 9.59 Å². The first-order chi connectivity index (χ1) is 18.2. The van der Waals surface area contributed by atoms with Crippen molar-refractivity contribution in [3.05, 3.63) is 52.4 Å². The van der Waals surface area contributed by atoms with Gasteiger partial charge in [0, 0.05) is 24.1 Å². The van der Waals surface area contributed by atoms with Crippen molar-refractivity contribution in [1.29, 1.82) is 0 Å². The molecule has 1 aromatic carbocycles. The van der Waals surface area contributed by atoms with Gasteiger partial charge in [-0.25, -0.2) is 4.79 Å². The molecule has 14 heteroatoms. The number of nitrogens with one attached hydrogen (secondary N) is 3. The predicted octanol–water partition coefficient (Wildman–Crippen LogP) is 2.88. The minimum atomic E-state index is -0.602. The van der Waals surface area contributed by atoms with E-state index in [1.165, 1.54) is 5.56 Å². The molecular formula is C25H31ClN10O2S. The van der Waals surface area contributed by atoms with Crippen molar-refractivity contribution in [2.24, 2.45) is 5.73 Å². The third kappa shape index (κ3) is 4.96.